The third kappa shape index (κ3) is 10.1. The molecule has 0 saturated heterocycles. The van der Waals surface area contributed by atoms with Gasteiger partial charge in [-0.2, -0.15) is 0 Å². The van der Waals surface area contributed by atoms with Gasteiger partial charge in [0, 0.05) is 18.8 Å². The molecule has 0 fully saturated rings. The predicted molar refractivity (Wildman–Crippen MR) is 93.9 cm³/mol. The van der Waals surface area contributed by atoms with Crippen LogP contribution in [0.2, 0.25) is 0 Å². The molecule has 0 aliphatic rings. The van der Waals surface area contributed by atoms with Gasteiger partial charge >= 0.3 is 5.97 Å². The molecule has 0 aromatic rings. The number of carbonyl (C=O) groups is 1. The van der Waals surface area contributed by atoms with Crippen molar-refractivity contribution in [3.63, 3.8) is 0 Å². The minimum absolute atomic E-state index is 0.109. The number of ether oxygens (including phenoxy) is 1. The Kier molecular flexibility index (Phi) is 11.4. The van der Waals surface area contributed by atoms with Gasteiger partial charge in [0.05, 0.1) is 13.0 Å². The lowest BCUT2D eigenvalue weighted by molar-refractivity contribution is -0.147. The van der Waals surface area contributed by atoms with Crippen molar-refractivity contribution in [2.45, 2.75) is 51.3 Å². The van der Waals surface area contributed by atoms with Crippen LogP contribution in [0, 0.1) is 0 Å². The summed E-state index contributed by atoms with van der Waals surface area (Å²) < 4.78 is 4.88. The summed E-state index contributed by atoms with van der Waals surface area (Å²) in [4.78, 5) is 11.5. The summed E-state index contributed by atoms with van der Waals surface area (Å²) in [6, 6.07) is 0.316. The number of allylic oxidation sites excluding steroid dienone is 2. The van der Waals surface area contributed by atoms with E-state index in [0.717, 1.165) is 25.0 Å². The van der Waals surface area contributed by atoms with Gasteiger partial charge < -0.3 is 20.5 Å². The van der Waals surface area contributed by atoms with E-state index < -0.39 is 11.7 Å². The molecular weight excluding hydrogens is 294 g/mol. The van der Waals surface area contributed by atoms with Crippen LogP contribution in [0.25, 0.3) is 0 Å². The van der Waals surface area contributed by atoms with E-state index in [1.54, 1.807) is 20.0 Å². The standard InChI is InChI=1S/C17H33N3O3/c1-6-23-16(21)13-17(22,20-5)12-8-11-15(19-4)10-7-9-14(2)18-3/h8-9,12,15,18-20,22H,6-7,10-11,13H2,1-5H3. The van der Waals surface area contributed by atoms with Gasteiger partial charge in [-0.25, -0.2) is 0 Å². The molecule has 0 heterocycles. The average Bonchev–Trinajstić information content (AvgIpc) is 2.53. The molecular formula is C17H33N3O3. The Morgan fingerprint density at radius 1 is 1.35 bits per heavy atom. The monoisotopic (exact) mass is 327 g/mol. The normalized spacial score (nSPS) is 16.2. The van der Waals surface area contributed by atoms with Gasteiger partial charge in [-0.3, -0.25) is 10.1 Å². The summed E-state index contributed by atoms with van der Waals surface area (Å²) in [5.74, 6) is -0.424. The molecule has 6 nitrogen and oxygen atoms in total. The van der Waals surface area contributed by atoms with Crippen molar-refractivity contribution >= 4 is 5.97 Å². The van der Waals surface area contributed by atoms with Gasteiger partial charge in [-0.05, 0) is 53.3 Å². The second-order valence-corrected chi connectivity index (χ2v) is 5.49. The van der Waals surface area contributed by atoms with Gasteiger partial charge in [0.25, 0.3) is 0 Å². The maximum atomic E-state index is 11.5. The molecule has 134 valence electrons. The quantitative estimate of drug-likeness (QED) is 0.246. The zero-order valence-electron chi connectivity index (χ0n) is 15.1. The summed E-state index contributed by atoms with van der Waals surface area (Å²) in [6.45, 7) is 4.09. The van der Waals surface area contributed by atoms with Crippen LogP contribution in [-0.4, -0.2) is 50.6 Å². The zero-order chi connectivity index (χ0) is 17.7. The first kappa shape index (κ1) is 21.6. The number of aliphatic hydroxyl groups is 1. The van der Waals surface area contributed by atoms with Gasteiger partial charge in [0.15, 0.2) is 0 Å². The van der Waals surface area contributed by atoms with Crippen molar-refractivity contribution in [2.75, 3.05) is 27.7 Å². The van der Waals surface area contributed by atoms with Crippen LogP contribution in [0.5, 0.6) is 0 Å². The lowest BCUT2D eigenvalue weighted by Crippen LogP contribution is -2.43. The Morgan fingerprint density at radius 2 is 2.04 bits per heavy atom. The van der Waals surface area contributed by atoms with Crippen LogP contribution >= 0.6 is 0 Å². The fraction of sp³-hybridized carbons (Fsp3) is 0.706. The number of hydrogen-bond donors (Lipinski definition) is 4. The van der Waals surface area contributed by atoms with Crippen LogP contribution in [0.15, 0.2) is 23.9 Å². The number of esters is 1. The van der Waals surface area contributed by atoms with E-state index in [9.17, 15) is 9.90 Å². The molecule has 2 atom stereocenters. The topological polar surface area (TPSA) is 82.6 Å². The summed E-state index contributed by atoms with van der Waals surface area (Å²) in [5, 5.41) is 19.5. The lowest BCUT2D eigenvalue weighted by atomic mass is 10.0. The molecule has 4 N–H and O–H groups in total. The molecule has 2 unspecified atom stereocenters. The first-order valence-corrected chi connectivity index (χ1v) is 8.17. The summed E-state index contributed by atoms with van der Waals surface area (Å²) >= 11 is 0. The van der Waals surface area contributed by atoms with E-state index in [4.69, 9.17) is 4.74 Å². The third-order valence-electron chi connectivity index (χ3n) is 3.73. The smallest absolute Gasteiger partial charge is 0.310 e. The number of likely N-dealkylation sites (N-methyl/N-ethyl adjacent to an activating group) is 1. The molecule has 0 radical (unpaired) electrons. The molecule has 0 saturated carbocycles. The Balaban J connectivity index is 4.44. The molecule has 0 bridgehead atoms. The van der Waals surface area contributed by atoms with Crippen molar-refractivity contribution in [1.82, 2.24) is 16.0 Å². The average molecular weight is 327 g/mol. The van der Waals surface area contributed by atoms with E-state index in [1.807, 2.05) is 27.1 Å². The van der Waals surface area contributed by atoms with Crippen LogP contribution < -0.4 is 16.0 Å². The molecule has 0 spiro atoms. The Bertz CT molecular complexity index is 397. The van der Waals surface area contributed by atoms with Gasteiger partial charge in [-0.1, -0.05) is 12.2 Å². The van der Waals surface area contributed by atoms with Crippen molar-refractivity contribution in [1.29, 1.82) is 0 Å². The summed E-state index contributed by atoms with van der Waals surface area (Å²) in [5.41, 5.74) is -0.206. The number of nitrogens with one attached hydrogen (secondary N) is 3. The highest BCUT2D eigenvalue weighted by molar-refractivity contribution is 5.71. The maximum absolute atomic E-state index is 11.5. The first-order chi connectivity index (χ1) is 10.9. The Hall–Kier alpha value is -1.37. The van der Waals surface area contributed by atoms with Crippen molar-refractivity contribution in [3.8, 4) is 0 Å². The third-order valence-corrected chi connectivity index (χ3v) is 3.73. The highest BCUT2D eigenvalue weighted by atomic mass is 16.5. The van der Waals surface area contributed by atoms with E-state index in [0.29, 0.717) is 12.6 Å². The molecule has 0 amide bonds. The summed E-state index contributed by atoms with van der Waals surface area (Å²) in [6.07, 6.45) is 8.33. The Labute approximate surface area is 140 Å². The molecule has 0 aliphatic heterocycles. The van der Waals surface area contributed by atoms with Gasteiger partial charge in [0.2, 0.25) is 0 Å². The zero-order valence-corrected chi connectivity index (χ0v) is 15.1. The summed E-state index contributed by atoms with van der Waals surface area (Å²) in [7, 11) is 5.45. The molecule has 0 rings (SSSR count). The number of rotatable bonds is 12. The second-order valence-electron chi connectivity index (χ2n) is 5.49. The van der Waals surface area contributed by atoms with Crippen LogP contribution in [0.3, 0.4) is 0 Å². The fourth-order valence-corrected chi connectivity index (χ4v) is 2.07. The molecule has 0 aromatic heterocycles. The molecule has 0 aliphatic carbocycles. The highest BCUT2D eigenvalue weighted by Gasteiger charge is 2.25. The minimum Gasteiger partial charge on any atom is -0.466 e. The second kappa shape index (κ2) is 12.1. The van der Waals surface area contributed by atoms with Crippen LogP contribution in [-0.2, 0) is 9.53 Å². The largest absolute Gasteiger partial charge is 0.466 e. The number of carbonyl (C=O) groups excluding carboxylic acids is 1. The Morgan fingerprint density at radius 3 is 2.57 bits per heavy atom. The van der Waals surface area contributed by atoms with E-state index >= 15 is 0 Å². The van der Waals surface area contributed by atoms with Gasteiger partial charge in [-0.15, -0.1) is 0 Å². The lowest BCUT2D eigenvalue weighted by Gasteiger charge is -2.23. The van der Waals surface area contributed by atoms with E-state index in [1.165, 1.54) is 0 Å². The minimum atomic E-state index is -1.37. The fourth-order valence-electron chi connectivity index (χ4n) is 2.07. The molecule has 6 heteroatoms. The van der Waals surface area contributed by atoms with Crippen molar-refractivity contribution in [3.05, 3.63) is 23.9 Å². The molecule has 0 aromatic carbocycles. The SMILES string of the molecule is CCOC(=O)CC(O)(C=CCC(CCC=C(C)NC)NC)NC. The first-order valence-electron chi connectivity index (χ1n) is 8.17. The highest BCUT2D eigenvalue weighted by Crippen LogP contribution is 2.12. The van der Waals surface area contributed by atoms with E-state index in [2.05, 4.69) is 22.0 Å². The molecule has 23 heavy (non-hydrogen) atoms. The van der Waals surface area contributed by atoms with Crippen molar-refractivity contribution < 1.29 is 14.6 Å². The predicted octanol–water partition coefficient (Wildman–Crippen LogP) is 1.29. The van der Waals surface area contributed by atoms with Crippen molar-refractivity contribution in [2.24, 2.45) is 0 Å². The van der Waals surface area contributed by atoms with Gasteiger partial charge in [0.1, 0.15) is 5.72 Å². The maximum Gasteiger partial charge on any atom is 0.310 e. The number of hydrogen-bond acceptors (Lipinski definition) is 6. The van der Waals surface area contributed by atoms with Crippen LogP contribution in [0.1, 0.15) is 39.5 Å². The van der Waals surface area contributed by atoms with Crippen LogP contribution in [0.4, 0.5) is 0 Å². The van der Waals surface area contributed by atoms with E-state index in [-0.39, 0.29) is 6.42 Å².